The Morgan fingerprint density at radius 2 is 1.36 bits per heavy atom. The van der Waals surface area contributed by atoms with Crippen molar-refractivity contribution in [2.45, 2.75) is 12.8 Å². The molecule has 0 amide bonds. The van der Waals surface area contributed by atoms with Gasteiger partial charge >= 0.3 is 0 Å². The Morgan fingerprint density at radius 1 is 0.590 bits per heavy atom. The highest BCUT2D eigenvalue weighted by atomic mass is 32.1. The Balaban J connectivity index is 1.45. The van der Waals surface area contributed by atoms with Gasteiger partial charge in [0.05, 0.1) is 0 Å². The third-order valence-electron chi connectivity index (χ3n) is 8.02. The van der Waals surface area contributed by atoms with Crippen LogP contribution in [-0.2, 0) is 6.42 Å². The van der Waals surface area contributed by atoms with E-state index in [2.05, 4.69) is 121 Å². The second-order valence-electron chi connectivity index (χ2n) is 10.2. The van der Waals surface area contributed by atoms with Crippen LogP contribution in [0.4, 0.5) is 0 Å². The van der Waals surface area contributed by atoms with Crippen LogP contribution in [0.25, 0.3) is 70.4 Å². The molecule has 1 aliphatic rings. The van der Waals surface area contributed by atoms with Gasteiger partial charge in [0.1, 0.15) is 0 Å². The minimum atomic E-state index is 1.06. The predicted octanol–water partition coefficient (Wildman–Crippen LogP) is 10.8. The topological polar surface area (TPSA) is 0 Å². The highest BCUT2D eigenvalue weighted by Gasteiger charge is 2.24. The van der Waals surface area contributed by atoms with Crippen molar-refractivity contribution in [2.75, 3.05) is 0 Å². The molecule has 182 valence electrons. The molecule has 0 unspecified atom stereocenters. The van der Waals surface area contributed by atoms with Crippen molar-refractivity contribution in [3.63, 3.8) is 0 Å². The minimum Gasteiger partial charge on any atom is -0.134 e. The zero-order valence-electron chi connectivity index (χ0n) is 21.4. The van der Waals surface area contributed by atoms with E-state index in [-0.39, 0.29) is 0 Å². The maximum atomic E-state index is 3.34. The summed E-state index contributed by atoms with van der Waals surface area (Å²) in [6.45, 7) is 0. The van der Waals surface area contributed by atoms with Crippen molar-refractivity contribution >= 4 is 49.7 Å². The average molecular weight is 513 g/mol. The number of hydrogen-bond acceptors (Lipinski definition) is 1. The molecule has 0 fully saturated rings. The van der Waals surface area contributed by atoms with E-state index >= 15 is 0 Å². The van der Waals surface area contributed by atoms with Crippen LogP contribution in [0, 0.1) is 12.1 Å². The summed E-state index contributed by atoms with van der Waals surface area (Å²) in [5.41, 5.74) is 7.76. The molecule has 1 aliphatic carbocycles. The van der Waals surface area contributed by atoms with E-state index in [1.54, 1.807) is 0 Å². The molecule has 1 aromatic heterocycles. The summed E-state index contributed by atoms with van der Waals surface area (Å²) in [5, 5.41) is 7.85. The Morgan fingerprint density at radius 3 is 2.23 bits per heavy atom. The molecule has 39 heavy (non-hydrogen) atoms. The summed E-state index contributed by atoms with van der Waals surface area (Å²) < 4.78 is 0. The van der Waals surface area contributed by atoms with E-state index in [1.807, 2.05) is 23.5 Å². The number of thiophene rings is 1. The summed E-state index contributed by atoms with van der Waals surface area (Å²) in [6.07, 6.45) is 6.84. The van der Waals surface area contributed by atoms with E-state index in [0.29, 0.717) is 0 Å². The first-order valence-electron chi connectivity index (χ1n) is 13.5. The summed E-state index contributed by atoms with van der Waals surface area (Å²) in [7, 11) is 0. The summed E-state index contributed by atoms with van der Waals surface area (Å²) in [5.74, 6) is 0. The minimum absolute atomic E-state index is 1.06. The van der Waals surface area contributed by atoms with Gasteiger partial charge in [-0.1, -0.05) is 115 Å². The van der Waals surface area contributed by atoms with Gasteiger partial charge in [-0.15, -0.1) is 11.3 Å². The normalized spacial score (nSPS) is 12.6. The van der Waals surface area contributed by atoms with E-state index in [9.17, 15) is 0 Å². The SMILES string of the molecule is c1cccc(-c2ccccc2-c2sc(-c3cc4c5ccccc5ccc4c4ccccc34)c3c2CCC=C3)c#1. The quantitative estimate of drug-likeness (QED) is 0.207. The second kappa shape index (κ2) is 8.98. The highest BCUT2D eigenvalue weighted by molar-refractivity contribution is 7.19. The Hall–Kier alpha value is -4.64. The van der Waals surface area contributed by atoms with Crippen LogP contribution in [0.15, 0.2) is 115 Å². The molecule has 0 nitrogen and oxygen atoms in total. The monoisotopic (exact) mass is 512 g/mol. The molecule has 0 aliphatic heterocycles. The summed E-state index contributed by atoms with van der Waals surface area (Å²) in [6, 6.07) is 46.0. The Bertz CT molecular complexity index is 2060. The van der Waals surface area contributed by atoms with Gasteiger partial charge in [0.15, 0.2) is 0 Å². The number of rotatable bonds is 3. The van der Waals surface area contributed by atoms with Crippen LogP contribution in [0.2, 0.25) is 0 Å². The van der Waals surface area contributed by atoms with Crippen molar-refractivity contribution in [1.29, 1.82) is 0 Å². The first kappa shape index (κ1) is 22.4. The number of benzene rings is 5. The van der Waals surface area contributed by atoms with E-state index in [1.165, 1.54) is 69.9 Å². The number of hydrogen-bond donors (Lipinski definition) is 0. The van der Waals surface area contributed by atoms with Crippen molar-refractivity contribution in [3.05, 3.63) is 139 Å². The predicted molar refractivity (Wildman–Crippen MR) is 168 cm³/mol. The van der Waals surface area contributed by atoms with Crippen LogP contribution < -0.4 is 0 Å². The summed E-state index contributed by atoms with van der Waals surface area (Å²) in [4.78, 5) is 2.74. The highest BCUT2D eigenvalue weighted by Crippen LogP contribution is 2.49. The third kappa shape index (κ3) is 3.53. The summed E-state index contributed by atoms with van der Waals surface area (Å²) >= 11 is 1.94. The molecule has 8 rings (SSSR count). The van der Waals surface area contributed by atoms with Crippen LogP contribution in [0.1, 0.15) is 17.5 Å². The molecule has 7 aromatic rings. The molecule has 0 saturated heterocycles. The lowest BCUT2D eigenvalue weighted by Crippen LogP contribution is -1.94. The zero-order chi connectivity index (χ0) is 25.8. The van der Waals surface area contributed by atoms with Gasteiger partial charge in [0.2, 0.25) is 0 Å². The molecule has 6 aromatic carbocycles. The lowest BCUT2D eigenvalue weighted by Gasteiger charge is -2.14. The molecule has 0 saturated carbocycles. The standard InChI is InChI=1S/C38H24S/c1-2-12-25(13-3-1)27-15-6-9-19-32(27)37-33-20-10-11-21-34(33)38(39-37)36-24-35-28-16-5-4-14-26(28)22-23-31(35)29-17-7-8-18-30(29)36/h1-2,4-9,11-12,14-19,21-24H,10,20H2. The molecule has 0 bridgehead atoms. The van der Waals surface area contributed by atoms with Crippen LogP contribution in [0.3, 0.4) is 0 Å². The lowest BCUT2D eigenvalue weighted by atomic mass is 9.89. The van der Waals surface area contributed by atoms with E-state index in [0.717, 1.165) is 18.4 Å². The molecule has 0 atom stereocenters. The fraction of sp³-hybridized carbons (Fsp3) is 0.0526. The average Bonchev–Trinajstić information content (AvgIpc) is 3.40. The van der Waals surface area contributed by atoms with Crippen molar-refractivity contribution in [1.82, 2.24) is 0 Å². The molecule has 0 spiro atoms. The van der Waals surface area contributed by atoms with Gasteiger partial charge in [-0.25, -0.2) is 0 Å². The molecule has 1 heteroatoms. The van der Waals surface area contributed by atoms with Gasteiger partial charge in [0, 0.05) is 26.4 Å². The molecule has 1 heterocycles. The zero-order valence-corrected chi connectivity index (χ0v) is 22.2. The van der Waals surface area contributed by atoms with Gasteiger partial charge in [-0.05, 0) is 80.0 Å². The van der Waals surface area contributed by atoms with Crippen LogP contribution >= 0.6 is 11.3 Å². The van der Waals surface area contributed by atoms with Crippen molar-refractivity contribution < 1.29 is 0 Å². The maximum absolute atomic E-state index is 3.34. The third-order valence-corrected chi connectivity index (χ3v) is 9.33. The van der Waals surface area contributed by atoms with Crippen LogP contribution in [-0.4, -0.2) is 0 Å². The van der Waals surface area contributed by atoms with Crippen molar-refractivity contribution in [3.8, 4) is 32.0 Å². The smallest absolute Gasteiger partial charge is 0.0430 e. The largest absolute Gasteiger partial charge is 0.134 e. The fourth-order valence-corrected chi connectivity index (χ4v) is 7.63. The van der Waals surface area contributed by atoms with Crippen molar-refractivity contribution in [2.24, 2.45) is 0 Å². The van der Waals surface area contributed by atoms with E-state index in [4.69, 9.17) is 0 Å². The Kier molecular flexibility index (Phi) is 5.15. The fourth-order valence-electron chi connectivity index (χ4n) is 6.22. The Labute approximate surface area is 232 Å². The van der Waals surface area contributed by atoms with E-state index < -0.39 is 0 Å². The first-order chi connectivity index (χ1) is 19.4. The first-order valence-corrected chi connectivity index (χ1v) is 14.3. The molecule has 0 N–H and O–H groups in total. The lowest BCUT2D eigenvalue weighted by molar-refractivity contribution is 0.996. The number of fused-ring (bicyclic) bond motifs is 6. The van der Waals surface area contributed by atoms with Gasteiger partial charge < -0.3 is 0 Å². The molecular weight excluding hydrogens is 488 g/mol. The molecular formula is C38H24S. The van der Waals surface area contributed by atoms with Gasteiger partial charge in [0.25, 0.3) is 0 Å². The van der Waals surface area contributed by atoms with Crippen LogP contribution in [0.5, 0.6) is 0 Å². The maximum Gasteiger partial charge on any atom is 0.0430 e. The van der Waals surface area contributed by atoms with Gasteiger partial charge in [-0.3, -0.25) is 0 Å². The molecule has 0 radical (unpaired) electrons. The number of allylic oxidation sites excluding steroid dienone is 1. The second-order valence-corrected chi connectivity index (χ2v) is 11.2. The van der Waals surface area contributed by atoms with Gasteiger partial charge in [-0.2, -0.15) is 0 Å².